The molecule has 1 heterocycles. The third-order valence-electron chi connectivity index (χ3n) is 4.56. The zero-order valence-electron chi connectivity index (χ0n) is 16.7. The average molecular weight is 399 g/mol. The first-order chi connectivity index (χ1) is 14.0. The summed E-state index contributed by atoms with van der Waals surface area (Å²) in [6.45, 7) is 2.87. The molecule has 1 fully saturated rings. The normalized spacial score (nSPS) is 15.8. The standard InChI is InChI=1S/C21H25N3O5/c1-4-29-17-8-5-14(6-9-17)22-21(26)23-15-11-20(25)24(13-15)16-7-10-18(27-2)19(12-16)28-3/h5-10,12,15H,4,11,13H2,1-3H3,(H2,22,23,26)/t15-/m1/s1. The molecule has 1 aliphatic heterocycles. The van der Waals surface area contributed by atoms with Crippen molar-refractivity contribution in [2.24, 2.45) is 0 Å². The highest BCUT2D eigenvalue weighted by atomic mass is 16.5. The van der Waals surface area contributed by atoms with E-state index in [-0.39, 0.29) is 24.4 Å². The first-order valence-corrected chi connectivity index (χ1v) is 9.36. The van der Waals surface area contributed by atoms with Crippen LogP contribution in [0.2, 0.25) is 0 Å². The summed E-state index contributed by atoms with van der Waals surface area (Å²) in [5, 5.41) is 5.62. The van der Waals surface area contributed by atoms with E-state index in [1.807, 2.05) is 6.92 Å². The van der Waals surface area contributed by atoms with Crippen molar-refractivity contribution < 1.29 is 23.8 Å². The zero-order chi connectivity index (χ0) is 20.8. The number of benzene rings is 2. The van der Waals surface area contributed by atoms with Crippen molar-refractivity contribution in [1.29, 1.82) is 0 Å². The minimum absolute atomic E-state index is 0.0661. The van der Waals surface area contributed by atoms with Crippen LogP contribution in [0.25, 0.3) is 0 Å². The fraction of sp³-hybridized carbons (Fsp3) is 0.333. The Morgan fingerprint density at radius 2 is 1.83 bits per heavy atom. The van der Waals surface area contributed by atoms with Crippen molar-refractivity contribution in [2.45, 2.75) is 19.4 Å². The van der Waals surface area contributed by atoms with Crippen LogP contribution >= 0.6 is 0 Å². The first kappa shape index (κ1) is 20.3. The smallest absolute Gasteiger partial charge is 0.319 e. The second-order valence-corrected chi connectivity index (χ2v) is 6.50. The molecule has 0 aliphatic carbocycles. The lowest BCUT2D eigenvalue weighted by molar-refractivity contribution is -0.117. The van der Waals surface area contributed by atoms with E-state index in [2.05, 4.69) is 10.6 Å². The van der Waals surface area contributed by atoms with Gasteiger partial charge in [-0.3, -0.25) is 4.79 Å². The van der Waals surface area contributed by atoms with Crippen LogP contribution in [0.1, 0.15) is 13.3 Å². The SMILES string of the molecule is CCOc1ccc(NC(=O)N[C@@H]2CC(=O)N(c3ccc(OC)c(OC)c3)C2)cc1. The zero-order valence-corrected chi connectivity index (χ0v) is 16.7. The molecule has 0 radical (unpaired) electrons. The number of nitrogens with zero attached hydrogens (tertiary/aromatic N) is 1. The Kier molecular flexibility index (Phi) is 6.43. The molecule has 2 aromatic rings. The van der Waals surface area contributed by atoms with Crippen LogP contribution in [-0.2, 0) is 4.79 Å². The molecule has 0 saturated carbocycles. The van der Waals surface area contributed by atoms with Crippen LogP contribution in [0.5, 0.6) is 17.2 Å². The van der Waals surface area contributed by atoms with Gasteiger partial charge in [0.2, 0.25) is 5.91 Å². The second-order valence-electron chi connectivity index (χ2n) is 6.50. The molecular formula is C21H25N3O5. The molecule has 0 bridgehead atoms. The maximum Gasteiger partial charge on any atom is 0.319 e. The Bertz CT molecular complexity index is 869. The van der Waals surface area contributed by atoms with Crippen molar-refractivity contribution in [3.8, 4) is 17.2 Å². The summed E-state index contributed by atoms with van der Waals surface area (Å²) in [6, 6.07) is 11.7. The van der Waals surface area contributed by atoms with Gasteiger partial charge >= 0.3 is 6.03 Å². The Balaban J connectivity index is 1.59. The van der Waals surface area contributed by atoms with E-state index in [1.54, 1.807) is 61.6 Å². The molecule has 2 aromatic carbocycles. The summed E-state index contributed by atoms with van der Waals surface area (Å²) in [5.41, 5.74) is 1.34. The molecule has 0 spiro atoms. The number of methoxy groups -OCH3 is 2. The van der Waals surface area contributed by atoms with Crippen molar-refractivity contribution in [2.75, 3.05) is 37.6 Å². The Labute approximate surface area is 169 Å². The topological polar surface area (TPSA) is 89.1 Å². The Hall–Kier alpha value is -3.42. The molecule has 1 saturated heterocycles. The van der Waals surface area contributed by atoms with Gasteiger partial charge in [-0.1, -0.05) is 0 Å². The highest BCUT2D eigenvalue weighted by molar-refractivity contribution is 5.98. The van der Waals surface area contributed by atoms with Gasteiger partial charge < -0.3 is 29.7 Å². The van der Waals surface area contributed by atoms with E-state index in [4.69, 9.17) is 14.2 Å². The molecule has 2 N–H and O–H groups in total. The summed E-state index contributed by atoms with van der Waals surface area (Å²) in [4.78, 5) is 26.4. The molecule has 3 amide bonds. The van der Waals surface area contributed by atoms with Crippen LogP contribution in [-0.4, -0.2) is 45.4 Å². The number of amides is 3. The molecule has 0 unspecified atom stereocenters. The van der Waals surface area contributed by atoms with Crippen molar-refractivity contribution in [3.63, 3.8) is 0 Å². The van der Waals surface area contributed by atoms with Gasteiger partial charge in [0.25, 0.3) is 0 Å². The molecule has 29 heavy (non-hydrogen) atoms. The quantitative estimate of drug-likeness (QED) is 0.747. The van der Waals surface area contributed by atoms with Crippen molar-refractivity contribution >= 4 is 23.3 Å². The minimum atomic E-state index is -0.360. The number of urea groups is 1. The minimum Gasteiger partial charge on any atom is -0.494 e. The van der Waals surface area contributed by atoms with Crippen LogP contribution < -0.4 is 29.7 Å². The molecule has 8 heteroatoms. The third kappa shape index (κ3) is 4.90. The van der Waals surface area contributed by atoms with Crippen LogP contribution in [0.4, 0.5) is 16.2 Å². The second kappa shape index (κ2) is 9.18. The number of hydrogen-bond donors (Lipinski definition) is 2. The lowest BCUT2D eigenvalue weighted by Crippen LogP contribution is -2.39. The lowest BCUT2D eigenvalue weighted by atomic mass is 10.2. The van der Waals surface area contributed by atoms with Crippen LogP contribution in [0.3, 0.4) is 0 Å². The van der Waals surface area contributed by atoms with Gasteiger partial charge in [-0.15, -0.1) is 0 Å². The molecule has 154 valence electrons. The number of ether oxygens (including phenoxy) is 3. The molecule has 1 atom stereocenters. The number of carbonyl (C=O) groups is 2. The molecule has 3 rings (SSSR count). The fourth-order valence-electron chi connectivity index (χ4n) is 3.20. The van der Waals surface area contributed by atoms with Crippen LogP contribution in [0, 0.1) is 0 Å². The summed E-state index contributed by atoms with van der Waals surface area (Å²) < 4.78 is 15.9. The van der Waals surface area contributed by atoms with Gasteiger partial charge in [0.05, 0.1) is 26.9 Å². The summed E-state index contributed by atoms with van der Waals surface area (Å²) in [6.07, 6.45) is 0.227. The Morgan fingerprint density at radius 1 is 1.10 bits per heavy atom. The van der Waals surface area contributed by atoms with Gasteiger partial charge in [-0.25, -0.2) is 4.79 Å². The van der Waals surface area contributed by atoms with Crippen molar-refractivity contribution in [1.82, 2.24) is 5.32 Å². The number of carbonyl (C=O) groups excluding carboxylic acids is 2. The number of anilines is 2. The van der Waals surface area contributed by atoms with Gasteiger partial charge in [0, 0.05) is 30.4 Å². The highest BCUT2D eigenvalue weighted by Crippen LogP contribution is 2.33. The van der Waals surface area contributed by atoms with E-state index in [9.17, 15) is 9.59 Å². The largest absolute Gasteiger partial charge is 0.494 e. The van der Waals surface area contributed by atoms with Gasteiger partial charge in [0.1, 0.15) is 5.75 Å². The Morgan fingerprint density at radius 3 is 2.48 bits per heavy atom. The van der Waals surface area contributed by atoms with Crippen LogP contribution in [0.15, 0.2) is 42.5 Å². The lowest BCUT2D eigenvalue weighted by Gasteiger charge is -2.19. The molecule has 8 nitrogen and oxygen atoms in total. The maximum absolute atomic E-state index is 12.4. The first-order valence-electron chi connectivity index (χ1n) is 9.36. The van der Waals surface area contributed by atoms with E-state index in [1.165, 1.54) is 0 Å². The van der Waals surface area contributed by atoms with Gasteiger partial charge in [0.15, 0.2) is 11.5 Å². The van der Waals surface area contributed by atoms with E-state index >= 15 is 0 Å². The van der Waals surface area contributed by atoms with E-state index < -0.39 is 0 Å². The summed E-state index contributed by atoms with van der Waals surface area (Å²) in [7, 11) is 3.10. The molecule has 0 aromatic heterocycles. The third-order valence-corrected chi connectivity index (χ3v) is 4.56. The predicted molar refractivity (Wildman–Crippen MR) is 110 cm³/mol. The van der Waals surface area contributed by atoms with Gasteiger partial charge in [-0.2, -0.15) is 0 Å². The number of hydrogen-bond acceptors (Lipinski definition) is 5. The molecular weight excluding hydrogens is 374 g/mol. The number of rotatable bonds is 7. The maximum atomic E-state index is 12.4. The highest BCUT2D eigenvalue weighted by Gasteiger charge is 2.32. The summed E-state index contributed by atoms with van der Waals surface area (Å²) in [5.74, 6) is 1.81. The van der Waals surface area contributed by atoms with E-state index in [0.29, 0.717) is 36.0 Å². The number of nitrogens with one attached hydrogen (secondary N) is 2. The molecule has 1 aliphatic rings. The average Bonchev–Trinajstić information content (AvgIpc) is 3.08. The summed E-state index contributed by atoms with van der Waals surface area (Å²) >= 11 is 0. The van der Waals surface area contributed by atoms with Gasteiger partial charge in [-0.05, 0) is 43.3 Å². The van der Waals surface area contributed by atoms with Crippen molar-refractivity contribution in [3.05, 3.63) is 42.5 Å². The van der Waals surface area contributed by atoms with E-state index in [0.717, 1.165) is 5.75 Å². The monoisotopic (exact) mass is 399 g/mol. The predicted octanol–water partition coefficient (Wildman–Crippen LogP) is 3.03. The fourth-order valence-corrected chi connectivity index (χ4v) is 3.20.